The van der Waals surface area contributed by atoms with Gasteiger partial charge in [0, 0.05) is 24.2 Å². The first kappa shape index (κ1) is 14.4. The summed E-state index contributed by atoms with van der Waals surface area (Å²) in [6.07, 6.45) is 0. The van der Waals surface area contributed by atoms with Crippen LogP contribution in [0.4, 0.5) is 4.39 Å². The van der Waals surface area contributed by atoms with E-state index >= 15 is 0 Å². The van der Waals surface area contributed by atoms with Crippen LogP contribution < -0.4 is 10.9 Å². The number of hydrogen-bond donors (Lipinski definition) is 2. The SMILES string of the molecule is Cc1ccc(-c2nc(CNC(C)C)cc(=O)[nH]2)cc1F. The molecule has 106 valence electrons. The molecular weight excluding hydrogens is 257 g/mol. The van der Waals surface area contributed by atoms with E-state index in [2.05, 4.69) is 15.3 Å². The van der Waals surface area contributed by atoms with Crippen molar-refractivity contribution in [3.8, 4) is 11.4 Å². The van der Waals surface area contributed by atoms with Crippen molar-refractivity contribution in [1.82, 2.24) is 15.3 Å². The van der Waals surface area contributed by atoms with E-state index in [1.165, 1.54) is 12.1 Å². The first-order valence-corrected chi connectivity index (χ1v) is 6.56. The Morgan fingerprint density at radius 3 is 2.75 bits per heavy atom. The molecule has 20 heavy (non-hydrogen) atoms. The Labute approximate surface area is 117 Å². The molecule has 0 aliphatic carbocycles. The normalized spacial score (nSPS) is 11.1. The molecule has 0 saturated heterocycles. The standard InChI is InChI=1S/C15H18FN3O/c1-9(2)17-8-12-7-14(20)19-15(18-12)11-5-4-10(3)13(16)6-11/h4-7,9,17H,8H2,1-3H3,(H,18,19,20). The van der Waals surface area contributed by atoms with Gasteiger partial charge < -0.3 is 10.3 Å². The fourth-order valence-corrected chi connectivity index (χ4v) is 1.78. The molecule has 5 heteroatoms. The molecule has 0 atom stereocenters. The van der Waals surface area contributed by atoms with E-state index in [9.17, 15) is 9.18 Å². The van der Waals surface area contributed by atoms with Crippen LogP contribution in [0.3, 0.4) is 0 Å². The Morgan fingerprint density at radius 2 is 2.10 bits per heavy atom. The van der Waals surface area contributed by atoms with Crippen LogP contribution in [0.15, 0.2) is 29.1 Å². The second-order valence-electron chi connectivity index (χ2n) is 5.08. The van der Waals surface area contributed by atoms with Crippen LogP contribution in [0.2, 0.25) is 0 Å². The van der Waals surface area contributed by atoms with Crippen LogP contribution in [-0.4, -0.2) is 16.0 Å². The van der Waals surface area contributed by atoms with Gasteiger partial charge in [0.1, 0.15) is 11.6 Å². The lowest BCUT2D eigenvalue weighted by atomic mass is 10.1. The molecule has 0 saturated carbocycles. The van der Waals surface area contributed by atoms with Crippen molar-refractivity contribution < 1.29 is 4.39 Å². The lowest BCUT2D eigenvalue weighted by molar-refractivity contribution is 0.580. The molecule has 1 heterocycles. The molecule has 2 rings (SSSR count). The molecule has 1 aromatic heterocycles. The largest absolute Gasteiger partial charge is 0.309 e. The molecule has 0 amide bonds. The highest BCUT2D eigenvalue weighted by Gasteiger charge is 2.07. The number of benzene rings is 1. The summed E-state index contributed by atoms with van der Waals surface area (Å²) in [6.45, 7) is 6.23. The average molecular weight is 275 g/mol. The number of hydrogen-bond acceptors (Lipinski definition) is 3. The Bertz CT molecular complexity index is 664. The summed E-state index contributed by atoms with van der Waals surface area (Å²) >= 11 is 0. The van der Waals surface area contributed by atoms with Crippen LogP contribution in [0.5, 0.6) is 0 Å². The van der Waals surface area contributed by atoms with Crippen LogP contribution in [0, 0.1) is 12.7 Å². The predicted molar refractivity (Wildman–Crippen MR) is 77.0 cm³/mol. The van der Waals surface area contributed by atoms with Gasteiger partial charge >= 0.3 is 0 Å². The van der Waals surface area contributed by atoms with E-state index in [1.54, 1.807) is 19.1 Å². The highest BCUT2D eigenvalue weighted by atomic mass is 19.1. The average Bonchev–Trinajstić information content (AvgIpc) is 2.39. The highest BCUT2D eigenvalue weighted by molar-refractivity contribution is 5.55. The third-order valence-corrected chi connectivity index (χ3v) is 2.93. The maximum Gasteiger partial charge on any atom is 0.251 e. The van der Waals surface area contributed by atoms with Gasteiger partial charge in [-0.2, -0.15) is 0 Å². The van der Waals surface area contributed by atoms with Gasteiger partial charge in [0.2, 0.25) is 0 Å². The quantitative estimate of drug-likeness (QED) is 0.900. The summed E-state index contributed by atoms with van der Waals surface area (Å²) in [5, 5.41) is 3.20. The number of aromatic nitrogens is 2. The van der Waals surface area contributed by atoms with Gasteiger partial charge in [-0.3, -0.25) is 4.79 Å². The molecule has 0 radical (unpaired) electrons. The zero-order valence-corrected chi connectivity index (χ0v) is 11.8. The van der Waals surface area contributed by atoms with E-state index in [0.29, 0.717) is 35.2 Å². The third-order valence-electron chi connectivity index (χ3n) is 2.93. The Morgan fingerprint density at radius 1 is 1.35 bits per heavy atom. The fourth-order valence-electron chi connectivity index (χ4n) is 1.78. The summed E-state index contributed by atoms with van der Waals surface area (Å²) in [7, 11) is 0. The summed E-state index contributed by atoms with van der Waals surface area (Å²) in [5.41, 5.74) is 1.53. The lowest BCUT2D eigenvalue weighted by Gasteiger charge is -2.09. The number of aromatic amines is 1. The minimum Gasteiger partial charge on any atom is -0.309 e. The number of nitrogens with one attached hydrogen (secondary N) is 2. The van der Waals surface area contributed by atoms with E-state index in [-0.39, 0.29) is 11.4 Å². The molecule has 2 aromatic rings. The molecule has 0 spiro atoms. The second kappa shape index (κ2) is 5.96. The van der Waals surface area contributed by atoms with E-state index < -0.39 is 0 Å². The van der Waals surface area contributed by atoms with Gasteiger partial charge in [0.15, 0.2) is 0 Å². The van der Waals surface area contributed by atoms with Gasteiger partial charge in [-0.25, -0.2) is 9.37 Å². The van der Waals surface area contributed by atoms with Gasteiger partial charge in [-0.1, -0.05) is 26.0 Å². The van der Waals surface area contributed by atoms with Crippen LogP contribution in [-0.2, 0) is 6.54 Å². The van der Waals surface area contributed by atoms with Crippen molar-refractivity contribution in [2.75, 3.05) is 0 Å². The monoisotopic (exact) mass is 275 g/mol. The van der Waals surface area contributed by atoms with Crippen molar-refractivity contribution in [3.05, 3.63) is 51.7 Å². The van der Waals surface area contributed by atoms with E-state index in [4.69, 9.17) is 0 Å². The Balaban J connectivity index is 2.36. The molecule has 0 unspecified atom stereocenters. The maximum atomic E-state index is 13.6. The summed E-state index contributed by atoms with van der Waals surface area (Å²) in [6, 6.07) is 6.55. The van der Waals surface area contributed by atoms with Crippen LogP contribution >= 0.6 is 0 Å². The second-order valence-corrected chi connectivity index (χ2v) is 5.08. The molecule has 0 fully saturated rings. The summed E-state index contributed by atoms with van der Waals surface area (Å²) in [5.74, 6) is 0.0767. The van der Waals surface area contributed by atoms with Crippen molar-refractivity contribution in [3.63, 3.8) is 0 Å². The molecule has 0 aliphatic heterocycles. The third kappa shape index (κ3) is 3.51. The Hall–Kier alpha value is -2.01. The van der Waals surface area contributed by atoms with Crippen molar-refractivity contribution in [2.24, 2.45) is 0 Å². The predicted octanol–water partition coefficient (Wildman–Crippen LogP) is 2.38. The minimum absolute atomic E-state index is 0.239. The van der Waals surface area contributed by atoms with Crippen molar-refractivity contribution >= 4 is 0 Å². The van der Waals surface area contributed by atoms with E-state index in [0.717, 1.165) is 0 Å². The molecule has 2 N–H and O–H groups in total. The Kier molecular flexibility index (Phi) is 4.29. The minimum atomic E-state index is -0.309. The molecule has 0 bridgehead atoms. The van der Waals surface area contributed by atoms with Gasteiger partial charge in [0.05, 0.1) is 5.69 Å². The lowest BCUT2D eigenvalue weighted by Crippen LogP contribution is -2.24. The van der Waals surface area contributed by atoms with Gasteiger partial charge in [-0.15, -0.1) is 0 Å². The van der Waals surface area contributed by atoms with Crippen LogP contribution in [0.25, 0.3) is 11.4 Å². The van der Waals surface area contributed by atoms with Crippen LogP contribution in [0.1, 0.15) is 25.1 Å². The number of halogens is 1. The maximum absolute atomic E-state index is 13.6. The molecule has 1 aromatic carbocycles. The van der Waals surface area contributed by atoms with E-state index in [1.807, 2.05) is 13.8 Å². The number of nitrogens with zero attached hydrogens (tertiary/aromatic N) is 1. The number of rotatable bonds is 4. The first-order chi connectivity index (χ1) is 9.45. The highest BCUT2D eigenvalue weighted by Crippen LogP contribution is 2.17. The zero-order valence-electron chi connectivity index (χ0n) is 11.8. The number of aryl methyl sites for hydroxylation is 1. The zero-order chi connectivity index (χ0) is 14.7. The molecule has 0 aliphatic rings. The van der Waals surface area contributed by atoms with Gasteiger partial charge in [-0.05, 0) is 18.6 Å². The molecule has 4 nitrogen and oxygen atoms in total. The van der Waals surface area contributed by atoms with Crippen molar-refractivity contribution in [1.29, 1.82) is 0 Å². The topological polar surface area (TPSA) is 57.8 Å². The van der Waals surface area contributed by atoms with Crippen molar-refractivity contribution in [2.45, 2.75) is 33.4 Å². The summed E-state index contributed by atoms with van der Waals surface area (Å²) in [4.78, 5) is 18.7. The first-order valence-electron chi connectivity index (χ1n) is 6.56. The summed E-state index contributed by atoms with van der Waals surface area (Å²) < 4.78 is 13.6. The fraction of sp³-hybridized carbons (Fsp3) is 0.333. The number of H-pyrrole nitrogens is 1. The van der Waals surface area contributed by atoms with Gasteiger partial charge in [0.25, 0.3) is 5.56 Å². The molecular formula is C15H18FN3O. The smallest absolute Gasteiger partial charge is 0.251 e.